The van der Waals surface area contributed by atoms with Crippen LogP contribution < -0.4 is 0 Å². The normalized spacial score (nSPS) is 16.0. The van der Waals surface area contributed by atoms with E-state index in [1.54, 1.807) is 6.92 Å². The minimum Gasteiger partial charge on any atom is -0.290 e. The van der Waals surface area contributed by atoms with Crippen molar-refractivity contribution in [1.29, 1.82) is 0 Å². The molecule has 0 unspecified atom stereocenters. The van der Waals surface area contributed by atoms with Crippen molar-refractivity contribution in [3.63, 3.8) is 0 Å². The number of carbonyl (C=O) groups excluding carboxylic acids is 2. The van der Waals surface area contributed by atoms with Gasteiger partial charge in [0.05, 0.1) is 0 Å². The average molecular weight is 395 g/mol. The van der Waals surface area contributed by atoms with Crippen LogP contribution in [0.25, 0.3) is 0 Å². The summed E-state index contributed by atoms with van der Waals surface area (Å²) in [6.07, 6.45) is 19.0. The lowest BCUT2D eigenvalue weighted by Gasteiger charge is -2.09. The van der Waals surface area contributed by atoms with Gasteiger partial charge in [-0.3, -0.25) is 9.59 Å². The Morgan fingerprint density at radius 1 is 0.724 bits per heavy atom. The van der Waals surface area contributed by atoms with Gasteiger partial charge in [-0.15, -0.1) is 0 Å². The molecule has 0 atom stereocenters. The predicted octanol–water partition coefficient (Wildman–Crippen LogP) is 7.55. The first-order chi connectivity index (χ1) is 13.7. The Morgan fingerprint density at radius 2 is 1.21 bits per heavy atom. The van der Waals surface area contributed by atoms with E-state index in [1.165, 1.54) is 34.4 Å². The second-order valence-electron chi connectivity index (χ2n) is 8.48. The Hall–Kier alpha value is -2.22. The summed E-state index contributed by atoms with van der Waals surface area (Å²) in [6.45, 7) is 12.5. The number of ketones is 2. The van der Waals surface area contributed by atoms with Gasteiger partial charge in [0.1, 0.15) is 0 Å². The van der Waals surface area contributed by atoms with Crippen molar-refractivity contribution in [2.24, 2.45) is 0 Å². The maximum atomic E-state index is 12.1. The molecule has 0 aromatic heterocycles. The van der Waals surface area contributed by atoms with E-state index in [-0.39, 0.29) is 11.6 Å². The molecule has 0 saturated carbocycles. The summed E-state index contributed by atoms with van der Waals surface area (Å²) < 4.78 is 0. The molecule has 2 heteroatoms. The van der Waals surface area contributed by atoms with Crippen molar-refractivity contribution < 1.29 is 9.59 Å². The Kier molecular flexibility index (Phi) is 11.2. The van der Waals surface area contributed by atoms with E-state index in [0.717, 1.165) is 38.5 Å². The average Bonchev–Trinajstić information content (AvgIpc) is 2.63. The summed E-state index contributed by atoms with van der Waals surface area (Å²) in [6, 6.07) is 0. The number of hydrogen-bond acceptors (Lipinski definition) is 2. The van der Waals surface area contributed by atoms with Gasteiger partial charge in [-0.05, 0) is 98.6 Å². The van der Waals surface area contributed by atoms with Gasteiger partial charge in [-0.1, -0.05) is 46.6 Å². The maximum Gasteiger partial charge on any atom is 0.185 e. The van der Waals surface area contributed by atoms with Crippen LogP contribution in [0.1, 0.15) is 86.5 Å². The van der Waals surface area contributed by atoms with E-state index in [1.807, 2.05) is 0 Å². The van der Waals surface area contributed by atoms with Gasteiger partial charge in [0.25, 0.3) is 0 Å². The predicted molar refractivity (Wildman–Crippen MR) is 125 cm³/mol. The molecule has 0 bridgehead atoms. The summed E-state index contributed by atoms with van der Waals surface area (Å²) in [5.74, 6) is -0.0865. The molecule has 0 spiro atoms. The summed E-state index contributed by atoms with van der Waals surface area (Å²) in [4.78, 5) is 23.7. The molecular formula is C27H38O2. The van der Waals surface area contributed by atoms with Crippen LogP contribution in [0.3, 0.4) is 0 Å². The Morgan fingerprint density at radius 3 is 1.72 bits per heavy atom. The molecule has 1 aliphatic carbocycles. The zero-order chi connectivity index (χ0) is 21.8. The van der Waals surface area contributed by atoms with E-state index >= 15 is 0 Å². The highest BCUT2D eigenvalue weighted by molar-refractivity contribution is 6.20. The number of rotatable bonds is 11. The van der Waals surface area contributed by atoms with Crippen LogP contribution in [-0.2, 0) is 9.59 Å². The van der Waals surface area contributed by atoms with Crippen molar-refractivity contribution in [2.75, 3.05) is 0 Å². The second-order valence-corrected chi connectivity index (χ2v) is 8.48. The van der Waals surface area contributed by atoms with Gasteiger partial charge in [0.15, 0.2) is 11.6 Å². The van der Waals surface area contributed by atoms with Crippen LogP contribution >= 0.6 is 0 Å². The summed E-state index contributed by atoms with van der Waals surface area (Å²) >= 11 is 0. The zero-order valence-corrected chi connectivity index (χ0v) is 19.2. The van der Waals surface area contributed by atoms with Crippen LogP contribution in [0.4, 0.5) is 0 Å². The zero-order valence-electron chi connectivity index (χ0n) is 19.2. The minimum atomic E-state index is -0.0806. The van der Waals surface area contributed by atoms with Crippen molar-refractivity contribution in [3.05, 3.63) is 69.9 Å². The lowest BCUT2D eigenvalue weighted by molar-refractivity contribution is -0.115. The van der Waals surface area contributed by atoms with Crippen molar-refractivity contribution in [2.45, 2.75) is 86.5 Å². The molecule has 0 heterocycles. The molecule has 29 heavy (non-hydrogen) atoms. The molecule has 0 saturated heterocycles. The summed E-state index contributed by atoms with van der Waals surface area (Å²) in [7, 11) is 0. The van der Waals surface area contributed by atoms with Crippen LogP contribution in [0.15, 0.2) is 69.9 Å². The largest absolute Gasteiger partial charge is 0.290 e. The monoisotopic (exact) mass is 394 g/mol. The van der Waals surface area contributed by atoms with E-state index in [0.29, 0.717) is 17.6 Å². The second kappa shape index (κ2) is 13.1. The van der Waals surface area contributed by atoms with Crippen LogP contribution in [0.5, 0.6) is 0 Å². The number of carbonyl (C=O) groups is 2. The molecule has 158 valence electrons. The first-order valence-corrected chi connectivity index (χ1v) is 10.8. The Labute approximate surface area is 177 Å². The van der Waals surface area contributed by atoms with Crippen LogP contribution in [-0.4, -0.2) is 11.6 Å². The third-order valence-corrected chi connectivity index (χ3v) is 5.15. The molecule has 0 aromatic carbocycles. The molecule has 0 radical (unpaired) electrons. The molecule has 0 amide bonds. The van der Waals surface area contributed by atoms with Crippen LogP contribution in [0, 0.1) is 0 Å². The van der Waals surface area contributed by atoms with Gasteiger partial charge < -0.3 is 0 Å². The summed E-state index contributed by atoms with van der Waals surface area (Å²) in [5.41, 5.74) is 6.71. The smallest absolute Gasteiger partial charge is 0.185 e. The van der Waals surface area contributed by atoms with E-state index < -0.39 is 0 Å². The van der Waals surface area contributed by atoms with E-state index in [9.17, 15) is 9.59 Å². The number of hydrogen-bond donors (Lipinski definition) is 0. The topological polar surface area (TPSA) is 34.1 Å². The molecule has 0 aromatic rings. The Bertz CT molecular complexity index is 775. The Balaban J connectivity index is 2.36. The highest BCUT2D eigenvalue weighted by atomic mass is 16.1. The molecule has 0 N–H and O–H groups in total. The van der Waals surface area contributed by atoms with Gasteiger partial charge in [-0.25, -0.2) is 0 Å². The van der Waals surface area contributed by atoms with Gasteiger partial charge >= 0.3 is 0 Å². The van der Waals surface area contributed by atoms with Crippen LogP contribution in [0.2, 0.25) is 0 Å². The van der Waals surface area contributed by atoms with Crippen molar-refractivity contribution in [3.8, 4) is 0 Å². The molecule has 1 aliphatic rings. The summed E-state index contributed by atoms with van der Waals surface area (Å²) in [5, 5.41) is 0. The molecular weight excluding hydrogens is 356 g/mol. The first-order valence-electron chi connectivity index (χ1n) is 10.8. The van der Waals surface area contributed by atoms with Gasteiger partial charge in [-0.2, -0.15) is 0 Å². The molecule has 1 rings (SSSR count). The van der Waals surface area contributed by atoms with Crippen molar-refractivity contribution in [1.82, 2.24) is 0 Å². The maximum absolute atomic E-state index is 12.1. The third kappa shape index (κ3) is 10.8. The molecule has 2 nitrogen and oxygen atoms in total. The van der Waals surface area contributed by atoms with E-state index in [2.05, 4.69) is 58.9 Å². The quantitative estimate of drug-likeness (QED) is 0.268. The van der Waals surface area contributed by atoms with Gasteiger partial charge in [0.2, 0.25) is 0 Å². The fourth-order valence-electron chi connectivity index (χ4n) is 3.23. The third-order valence-electron chi connectivity index (χ3n) is 5.15. The minimum absolute atomic E-state index is 0.00594. The van der Waals surface area contributed by atoms with Gasteiger partial charge in [0, 0.05) is 11.1 Å². The standard InChI is InChI=1S/C27H38O2/c1-20(2)10-7-11-21(3)12-8-13-22(4)14-9-15-23(5)16-17-25-19-26(28)18-24(6)27(25)29/h10,12,14,16,18-19H,7-9,11,13,15,17H2,1-6H3/b21-12+,22-14+,23-16-. The lowest BCUT2D eigenvalue weighted by atomic mass is 9.94. The highest BCUT2D eigenvalue weighted by Crippen LogP contribution is 2.18. The number of Topliss-reactive ketones (excluding diaryl/α,β-unsaturated/α-hetero) is 1. The molecule has 0 fully saturated rings. The highest BCUT2D eigenvalue weighted by Gasteiger charge is 2.17. The fourth-order valence-corrected chi connectivity index (χ4v) is 3.23. The fraction of sp³-hybridized carbons (Fsp3) is 0.481. The first kappa shape index (κ1) is 24.8. The lowest BCUT2D eigenvalue weighted by Crippen LogP contribution is -2.12. The molecule has 0 aliphatic heterocycles. The van der Waals surface area contributed by atoms with E-state index in [4.69, 9.17) is 0 Å². The van der Waals surface area contributed by atoms with Crippen molar-refractivity contribution >= 4 is 11.6 Å². The number of allylic oxidation sites excluding steroid dienone is 12. The SMILES string of the molecule is CC(C)=CCC/C(C)=C/CC/C(C)=C/CC/C(C)=C\CC1=CC(=O)C=C(C)C1=O.